The van der Waals surface area contributed by atoms with Gasteiger partial charge in [0.05, 0.1) is 18.1 Å². The van der Waals surface area contributed by atoms with Crippen LogP contribution in [0.25, 0.3) is 11.0 Å². The molecule has 186 valence electrons. The minimum absolute atomic E-state index is 0.0937. The quantitative estimate of drug-likeness (QED) is 0.296. The van der Waals surface area contributed by atoms with Crippen LogP contribution in [-0.4, -0.2) is 45.1 Å². The molecule has 4 rings (SSSR count). The van der Waals surface area contributed by atoms with Crippen molar-refractivity contribution in [2.24, 2.45) is 0 Å². The first-order chi connectivity index (χ1) is 17.4. The highest BCUT2D eigenvalue weighted by molar-refractivity contribution is 7.98. The molecule has 1 aromatic heterocycles. The first kappa shape index (κ1) is 25.2. The maximum Gasteiger partial charge on any atom is 0.323 e. The van der Waals surface area contributed by atoms with E-state index in [0.717, 1.165) is 11.1 Å². The van der Waals surface area contributed by atoms with Crippen LogP contribution in [0.1, 0.15) is 28.4 Å². The number of fused-ring (bicyclic) bond motifs is 1. The Morgan fingerprint density at radius 1 is 1.11 bits per heavy atom. The lowest BCUT2D eigenvalue weighted by molar-refractivity contribution is -0.137. The van der Waals surface area contributed by atoms with Crippen LogP contribution >= 0.6 is 11.8 Å². The topological polar surface area (TPSA) is 84.7 Å². The van der Waals surface area contributed by atoms with Crippen molar-refractivity contribution >= 4 is 34.7 Å². The fourth-order valence-corrected chi connectivity index (χ4v) is 4.95. The molecule has 0 saturated heterocycles. The number of benzene rings is 3. The van der Waals surface area contributed by atoms with Crippen LogP contribution in [0, 0.1) is 5.82 Å². The van der Waals surface area contributed by atoms with Crippen molar-refractivity contribution in [2.75, 3.05) is 13.7 Å². The Kier molecular flexibility index (Phi) is 7.90. The summed E-state index contributed by atoms with van der Waals surface area (Å²) in [6.07, 6.45) is 0. The summed E-state index contributed by atoms with van der Waals surface area (Å²) in [6.45, 7) is 2.70. The van der Waals surface area contributed by atoms with E-state index in [-0.39, 0.29) is 12.5 Å². The maximum atomic E-state index is 13.7. The number of aliphatic carboxylic acids is 1. The van der Waals surface area contributed by atoms with Gasteiger partial charge in [-0.1, -0.05) is 42.1 Å². The van der Waals surface area contributed by atoms with Gasteiger partial charge in [0, 0.05) is 36.0 Å². The van der Waals surface area contributed by atoms with Gasteiger partial charge < -0.3 is 19.3 Å². The van der Waals surface area contributed by atoms with Crippen molar-refractivity contribution in [1.29, 1.82) is 0 Å². The van der Waals surface area contributed by atoms with E-state index in [2.05, 4.69) is 4.98 Å². The Morgan fingerprint density at radius 2 is 1.89 bits per heavy atom. The summed E-state index contributed by atoms with van der Waals surface area (Å²) in [5.74, 6) is -0.576. The summed E-state index contributed by atoms with van der Waals surface area (Å²) in [4.78, 5) is 31.0. The lowest BCUT2D eigenvalue weighted by Crippen LogP contribution is -2.30. The normalized spacial score (nSPS) is 11.0. The van der Waals surface area contributed by atoms with Crippen molar-refractivity contribution in [3.63, 3.8) is 0 Å². The molecule has 4 aromatic rings. The summed E-state index contributed by atoms with van der Waals surface area (Å²) < 4.78 is 20.8. The largest absolute Gasteiger partial charge is 0.496 e. The Morgan fingerprint density at radius 3 is 2.58 bits per heavy atom. The minimum Gasteiger partial charge on any atom is -0.496 e. The number of carboxylic acid groups (broad SMARTS) is 1. The van der Waals surface area contributed by atoms with Gasteiger partial charge in [0.2, 0.25) is 0 Å². The standard InChI is InChI=1S/C27H26FN3O4S/c1-3-30(15-18-7-5-4-6-8-18)26(34)19-9-12-24(35-2)20(13-19)17-36-27-29-22-14-21(28)10-11-23(22)31(27)16-25(32)33/h4-14H,3,15-17H2,1-2H3,(H,32,33). The zero-order valence-electron chi connectivity index (χ0n) is 20.0. The second-order valence-corrected chi connectivity index (χ2v) is 9.07. The predicted molar refractivity (Wildman–Crippen MR) is 137 cm³/mol. The summed E-state index contributed by atoms with van der Waals surface area (Å²) in [5.41, 5.74) is 3.27. The van der Waals surface area contributed by atoms with Crippen LogP contribution in [0.2, 0.25) is 0 Å². The molecule has 0 radical (unpaired) electrons. The first-order valence-electron chi connectivity index (χ1n) is 11.4. The summed E-state index contributed by atoms with van der Waals surface area (Å²) in [7, 11) is 1.56. The SMILES string of the molecule is CCN(Cc1ccccc1)C(=O)c1ccc(OC)c(CSc2nc3cc(F)ccc3n2CC(=O)O)c1. The number of carbonyl (C=O) groups excluding carboxylic acids is 1. The number of hydrogen-bond acceptors (Lipinski definition) is 5. The second-order valence-electron chi connectivity index (χ2n) is 8.13. The Labute approximate surface area is 212 Å². The highest BCUT2D eigenvalue weighted by Gasteiger charge is 2.19. The van der Waals surface area contributed by atoms with Crippen LogP contribution in [0.4, 0.5) is 4.39 Å². The molecule has 1 amide bonds. The van der Waals surface area contributed by atoms with Crippen molar-refractivity contribution in [2.45, 2.75) is 30.9 Å². The first-order valence-corrected chi connectivity index (χ1v) is 12.4. The van der Waals surface area contributed by atoms with Crippen LogP contribution in [0.15, 0.2) is 71.9 Å². The van der Waals surface area contributed by atoms with E-state index in [0.29, 0.717) is 46.3 Å². The molecule has 36 heavy (non-hydrogen) atoms. The fraction of sp³-hybridized carbons (Fsp3) is 0.222. The Hall–Kier alpha value is -3.85. The number of aromatic nitrogens is 2. The van der Waals surface area contributed by atoms with Gasteiger partial charge in [-0.25, -0.2) is 9.37 Å². The molecule has 0 spiro atoms. The molecule has 0 aliphatic carbocycles. The summed E-state index contributed by atoms with van der Waals surface area (Å²) >= 11 is 1.30. The van der Waals surface area contributed by atoms with Gasteiger partial charge in [0.25, 0.3) is 5.91 Å². The molecule has 7 nitrogen and oxygen atoms in total. The number of hydrogen-bond donors (Lipinski definition) is 1. The van der Waals surface area contributed by atoms with Gasteiger partial charge in [-0.15, -0.1) is 0 Å². The molecule has 1 heterocycles. The molecule has 9 heteroatoms. The lowest BCUT2D eigenvalue weighted by Gasteiger charge is -2.22. The van der Waals surface area contributed by atoms with E-state index >= 15 is 0 Å². The van der Waals surface area contributed by atoms with E-state index < -0.39 is 11.8 Å². The van der Waals surface area contributed by atoms with Crippen LogP contribution in [-0.2, 0) is 23.6 Å². The number of imidazole rings is 1. The zero-order chi connectivity index (χ0) is 25.7. The highest BCUT2D eigenvalue weighted by Crippen LogP contribution is 2.31. The van der Waals surface area contributed by atoms with Gasteiger partial charge in [-0.3, -0.25) is 9.59 Å². The molecule has 0 aliphatic heterocycles. The number of methoxy groups -OCH3 is 1. The third-order valence-electron chi connectivity index (χ3n) is 5.74. The van der Waals surface area contributed by atoms with Gasteiger partial charge in [0.15, 0.2) is 5.16 Å². The van der Waals surface area contributed by atoms with Gasteiger partial charge >= 0.3 is 5.97 Å². The maximum absolute atomic E-state index is 13.7. The molecule has 0 unspecified atom stereocenters. The van der Waals surface area contributed by atoms with E-state index in [9.17, 15) is 19.1 Å². The smallest absolute Gasteiger partial charge is 0.323 e. The third kappa shape index (κ3) is 5.68. The summed E-state index contributed by atoms with van der Waals surface area (Å²) in [6, 6.07) is 19.2. The molecule has 3 aromatic carbocycles. The number of carboxylic acids is 1. The van der Waals surface area contributed by atoms with Crippen LogP contribution < -0.4 is 4.74 Å². The van der Waals surface area contributed by atoms with E-state index in [4.69, 9.17) is 4.74 Å². The Balaban J connectivity index is 1.59. The van der Waals surface area contributed by atoms with E-state index in [1.807, 2.05) is 37.3 Å². The van der Waals surface area contributed by atoms with Crippen molar-refractivity contribution in [3.8, 4) is 5.75 Å². The zero-order valence-corrected chi connectivity index (χ0v) is 20.8. The second kappa shape index (κ2) is 11.3. The number of carbonyl (C=O) groups is 2. The van der Waals surface area contributed by atoms with Crippen LogP contribution in [0.5, 0.6) is 5.75 Å². The molecule has 0 fully saturated rings. The number of nitrogens with zero attached hydrogens (tertiary/aromatic N) is 3. The molecule has 0 bridgehead atoms. The number of rotatable bonds is 10. The minimum atomic E-state index is -1.02. The van der Waals surface area contributed by atoms with Gasteiger partial charge in [-0.05, 0) is 42.8 Å². The van der Waals surface area contributed by atoms with Crippen molar-refractivity contribution in [1.82, 2.24) is 14.5 Å². The van der Waals surface area contributed by atoms with E-state index in [1.165, 1.54) is 30.0 Å². The van der Waals surface area contributed by atoms with Crippen molar-refractivity contribution in [3.05, 3.63) is 89.2 Å². The van der Waals surface area contributed by atoms with Crippen LogP contribution in [0.3, 0.4) is 0 Å². The molecule has 0 saturated carbocycles. The fourth-order valence-electron chi connectivity index (χ4n) is 3.96. The average Bonchev–Trinajstić information content (AvgIpc) is 3.21. The van der Waals surface area contributed by atoms with Crippen molar-refractivity contribution < 1.29 is 23.8 Å². The lowest BCUT2D eigenvalue weighted by atomic mass is 10.1. The van der Waals surface area contributed by atoms with Gasteiger partial charge in [0.1, 0.15) is 18.1 Å². The van der Waals surface area contributed by atoms with E-state index in [1.54, 1.807) is 34.8 Å². The average molecular weight is 508 g/mol. The third-order valence-corrected chi connectivity index (χ3v) is 6.76. The monoisotopic (exact) mass is 507 g/mol. The predicted octanol–water partition coefficient (Wildman–Crippen LogP) is 5.22. The molecular formula is C27H26FN3O4S. The number of ether oxygens (including phenoxy) is 1. The molecule has 0 aliphatic rings. The molecular weight excluding hydrogens is 481 g/mol. The summed E-state index contributed by atoms with van der Waals surface area (Å²) in [5, 5.41) is 9.82. The number of halogens is 1. The molecule has 1 N–H and O–H groups in total. The van der Waals surface area contributed by atoms with Gasteiger partial charge in [-0.2, -0.15) is 0 Å². The Bertz CT molecular complexity index is 1390. The molecule has 0 atom stereocenters. The number of thioether (sulfide) groups is 1. The highest BCUT2D eigenvalue weighted by atomic mass is 32.2. The number of amides is 1.